The van der Waals surface area contributed by atoms with Crippen molar-refractivity contribution in [2.24, 2.45) is 0 Å². The first-order valence-electron chi connectivity index (χ1n) is 11.0. The number of imidazole rings is 1. The van der Waals surface area contributed by atoms with Crippen LogP contribution in [0.2, 0.25) is 0 Å². The Morgan fingerprint density at radius 3 is 2.67 bits per heavy atom. The highest BCUT2D eigenvalue weighted by Crippen LogP contribution is 2.29. The summed E-state index contributed by atoms with van der Waals surface area (Å²) >= 11 is 0. The highest BCUT2D eigenvalue weighted by molar-refractivity contribution is 6.07. The van der Waals surface area contributed by atoms with E-state index < -0.39 is 6.10 Å². The summed E-state index contributed by atoms with van der Waals surface area (Å²) in [6.07, 6.45) is 3.10. The van der Waals surface area contributed by atoms with Gasteiger partial charge in [-0.3, -0.25) is 14.0 Å². The fraction of sp³-hybridized carbons (Fsp3) is 0.192. The summed E-state index contributed by atoms with van der Waals surface area (Å²) in [4.78, 5) is 30.4. The summed E-state index contributed by atoms with van der Waals surface area (Å²) in [5.41, 5.74) is 4.38. The Labute approximate surface area is 191 Å². The molecule has 2 aromatic heterocycles. The van der Waals surface area contributed by atoms with Gasteiger partial charge in [0.05, 0.1) is 0 Å². The van der Waals surface area contributed by atoms with E-state index in [1.807, 2.05) is 60.0 Å². The lowest BCUT2D eigenvalue weighted by molar-refractivity contribution is -0.124. The van der Waals surface area contributed by atoms with E-state index in [1.165, 1.54) is 0 Å². The van der Waals surface area contributed by atoms with Crippen LogP contribution >= 0.6 is 0 Å². The van der Waals surface area contributed by atoms with Crippen LogP contribution in [-0.4, -0.2) is 33.9 Å². The first-order chi connectivity index (χ1) is 16.1. The van der Waals surface area contributed by atoms with Crippen LogP contribution in [0.4, 0.5) is 11.5 Å². The normalized spacial score (nSPS) is 15.5. The summed E-state index contributed by atoms with van der Waals surface area (Å²) in [6.45, 7) is 2.59. The summed E-state index contributed by atoms with van der Waals surface area (Å²) in [7, 11) is 0. The van der Waals surface area contributed by atoms with Gasteiger partial charge in [-0.2, -0.15) is 0 Å². The van der Waals surface area contributed by atoms with Gasteiger partial charge >= 0.3 is 0 Å². The van der Waals surface area contributed by atoms with E-state index in [2.05, 4.69) is 10.6 Å². The minimum atomic E-state index is -0.433. The standard InChI is InChI=1S/C26H24N4O3/c1-17-12-13-22-28-23(18-7-3-2-4-8-18)24(30(22)16-17)29-25(31)19-9-5-10-20(15-19)27-26(32)21-11-6-14-33-21/h2-5,7-10,12-13,15-16,21H,6,11,14H2,1H3,(H,27,32)(H,29,31)/t21-/m0/s1. The van der Waals surface area contributed by atoms with Crippen molar-refractivity contribution in [2.75, 3.05) is 17.2 Å². The number of anilines is 2. The largest absolute Gasteiger partial charge is 0.368 e. The van der Waals surface area contributed by atoms with Crippen LogP contribution in [-0.2, 0) is 9.53 Å². The Bertz CT molecular complexity index is 1320. The fourth-order valence-electron chi connectivity index (χ4n) is 3.99. The van der Waals surface area contributed by atoms with Gasteiger partial charge in [0.2, 0.25) is 0 Å². The number of ether oxygens (including phenoxy) is 1. The maximum atomic E-state index is 13.2. The van der Waals surface area contributed by atoms with E-state index in [9.17, 15) is 9.59 Å². The predicted octanol–water partition coefficient (Wildman–Crippen LogP) is 4.68. The van der Waals surface area contributed by atoms with Crippen LogP contribution in [0.1, 0.15) is 28.8 Å². The SMILES string of the molecule is Cc1ccc2nc(-c3ccccc3)c(NC(=O)c3cccc(NC(=O)[C@@H]4CCCO4)c3)n2c1. The average molecular weight is 441 g/mol. The third-order valence-corrected chi connectivity index (χ3v) is 5.66. The zero-order valence-electron chi connectivity index (χ0n) is 18.2. The molecule has 1 aliphatic heterocycles. The number of aromatic nitrogens is 2. The maximum Gasteiger partial charge on any atom is 0.256 e. The summed E-state index contributed by atoms with van der Waals surface area (Å²) < 4.78 is 7.33. The predicted molar refractivity (Wildman–Crippen MR) is 127 cm³/mol. The van der Waals surface area contributed by atoms with Gasteiger partial charge in [0.15, 0.2) is 0 Å². The topological polar surface area (TPSA) is 84.7 Å². The Hall–Kier alpha value is -3.97. The summed E-state index contributed by atoms with van der Waals surface area (Å²) in [6, 6.07) is 20.6. The molecule has 0 bridgehead atoms. The minimum Gasteiger partial charge on any atom is -0.368 e. The molecule has 4 aromatic rings. The van der Waals surface area contributed by atoms with Crippen molar-refractivity contribution in [2.45, 2.75) is 25.9 Å². The van der Waals surface area contributed by atoms with E-state index in [1.54, 1.807) is 24.3 Å². The quantitative estimate of drug-likeness (QED) is 0.472. The first-order valence-corrected chi connectivity index (χ1v) is 11.0. The van der Waals surface area contributed by atoms with Crippen molar-refractivity contribution < 1.29 is 14.3 Å². The zero-order valence-corrected chi connectivity index (χ0v) is 18.2. The van der Waals surface area contributed by atoms with Crippen molar-refractivity contribution in [1.29, 1.82) is 0 Å². The average Bonchev–Trinajstić information content (AvgIpc) is 3.49. The molecule has 2 N–H and O–H groups in total. The second-order valence-corrected chi connectivity index (χ2v) is 8.14. The fourth-order valence-corrected chi connectivity index (χ4v) is 3.99. The lowest BCUT2D eigenvalue weighted by Crippen LogP contribution is -2.27. The van der Waals surface area contributed by atoms with Crippen molar-refractivity contribution >= 4 is 29.0 Å². The van der Waals surface area contributed by atoms with Gasteiger partial charge in [0.25, 0.3) is 11.8 Å². The van der Waals surface area contributed by atoms with E-state index in [-0.39, 0.29) is 11.8 Å². The van der Waals surface area contributed by atoms with E-state index in [0.717, 1.165) is 23.2 Å². The summed E-state index contributed by atoms with van der Waals surface area (Å²) in [5.74, 6) is 0.121. The van der Waals surface area contributed by atoms with E-state index in [4.69, 9.17) is 9.72 Å². The molecule has 166 valence electrons. The molecule has 2 aromatic carbocycles. The molecular weight excluding hydrogens is 416 g/mol. The highest BCUT2D eigenvalue weighted by Gasteiger charge is 2.24. The number of hydrogen-bond donors (Lipinski definition) is 2. The van der Waals surface area contributed by atoms with E-state index in [0.29, 0.717) is 35.8 Å². The molecule has 3 heterocycles. The first kappa shape index (κ1) is 20.9. The minimum absolute atomic E-state index is 0.186. The van der Waals surface area contributed by atoms with Gasteiger partial charge < -0.3 is 15.4 Å². The van der Waals surface area contributed by atoms with Crippen LogP contribution in [0.5, 0.6) is 0 Å². The van der Waals surface area contributed by atoms with Crippen LogP contribution in [0.3, 0.4) is 0 Å². The molecular formula is C26H24N4O3. The Kier molecular flexibility index (Phi) is 5.62. The molecule has 2 amide bonds. The second kappa shape index (κ2) is 8.88. The van der Waals surface area contributed by atoms with Gasteiger partial charge in [-0.1, -0.05) is 42.5 Å². The number of benzene rings is 2. The van der Waals surface area contributed by atoms with Gasteiger partial charge in [0, 0.05) is 29.6 Å². The number of carbonyl (C=O) groups is 2. The Balaban J connectivity index is 1.44. The zero-order chi connectivity index (χ0) is 22.8. The van der Waals surface area contributed by atoms with Crippen molar-refractivity contribution in [1.82, 2.24) is 9.38 Å². The highest BCUT2D eigenvalue weighted by atomic mass is 16.5. The molecule has 0 aliphatic carbocycles. The van der Waals surface area contributed by atoms with Gasteiger partial charge in [-0.05, 0) is 49.6 Å². The monoisotopic (exact) mass is 440 g/mol. The number of aryl methyl sites for hydroxylation is 1. The number of fused-ring (bicyclic) bond motifs is 1. The molecule has 0 spiro atoms. The molecule has 0 unspecified atom stereocenters. The lowest BCUT2D eigenvalue weighted by Gasteiger charge is -2.12. The third kappa shape index (κ3) is 4.36. The molecule has 7 heteroatoms. The molecule has 7 nitrogen and oxygen atoms in total. The molecule has 5 rings (SSSR count). The Morgan fingerprint density at radius 1 is 1.03 bits per heavy atom. The molecule has 1 atom stereocenters. The van der Waals surface area contributed by atoms with E-state index >= 15 is 0 Å². The van der Waals surface area contributed by atoms with Crippen molar-refractivity contribution in [3.8, 4) is 11.3 Å². The number of nitrogens with zero attached hydrogens (tertiary/aromatic N) is 2. The molecule has 1 aliphatic rings. The van der Waals surface area contributed by atoms with Gasteiger partial charge in [-0.15, -0.1) is 0 Å². The van der Waals surface area contributed by atoms with Crippen LogP contribution in [0.15, 0.2) is 72.9 Å². The lowest BCUT2D eigenvalue weighted by atomic mass is 10.1. The molecule has 0 saturated carbocycles. The maximum absolute atomic E-state index is 13.2. The van der Waals surface area contributed by atoms with Crippen LogP contribution in [0, 0.1) is 6.92 Å². The van der Waals surface area contributed by atoms with Crippen molar-refractivity contribution in [3.05, 3.63) is 84.1 Å². The number of rotatable bonds is 5. The number of nitrogens with one attached hydrogen (secondary N) is 2. The van der Waals surface area contributed by atoms with Gasteiger partial charge in [-0.25, -0.2) is 4.98 Å². The number of pyridine rings is 1. The van der Waals surface area contributed by atoms with Crippen LogP contribution < -0.4 is 10.6 Å². The second-order valence-electron chi connectivity index (χ2n) is 8.14. The number of hydrogen-bond acceptors (Lipinski definition) is 4. The van der Waals surface area contributed by atoms with Gasteiger partial charge in [0.1, 0.15) is 23.3 Å². The smallest absolute Gasteiger partial charge is 0.256 e. The molecule has 1 fully saturated rings. The van der Waals surface area contributed by atoms with Crippen molar-refractivity contribution in [3.63, 3.8) is 0 Å². The van der Waals surface area contributed by atoms with Crippen LogP contribution in [0.25, 0.3) is 16.9 Å². The Morgan fingerprint density at radius 2 is 1.88 bits per heavy atom. The number of amides is 2. The molecule has 33 heavy (non-hydrogen) atoms. The third-order valence-electron chi connectivity index (χ3n) is 5.66. The number of carbonyl (C=O) groups excluding carboxylic acids is 2. The summed E-state index contributed by atoms with van der Waals surface area (Å²) in [5, 5.41) is 5.89. The molecule has 0 radical (unpaired) electrons. The molecule has 1 saturated heterocycles.